The molecule has 0 aromatic heterocycles. The van der Waals surface area contributed by atoms with E-state index in [0.717, 1.165) is 16.8 Å². The molecule has 0 saturated carbocycles. The van der Waals surface area contributed by atoms with Crippen molar-refractivity contribution in [3.05, 3.63) is 65.2 Å². The highest BCUT2D eigenvalue weighted by Crippen LogP contribution is 2.28. The first-order valence-corrected chi connectivity index (χ1v) is 12.4. The molecule has 186 valence electrons. The van der Waals surface area contributed by atoms with Crippen molar-refractivity contribution in [3.8, 4) is 0 Å². The number of hydrogen-bond acceptors (Lipinski definition) is 3. The molecule has 4 rings (SSSR count). The molecule has 7 nitrogen and oxygen atoms in total. The molecule has 7 heteroatoms. The molecule has 35 heavy (non-hydrogen) atoms. The molecule has 1 fully saturated rings. The maximum Gasteiger partial charge on any atom is 0.322 e. The van der Waals surface area contributed by atoms with Crippen LogP contribution in [0.2, 0.25) is 0 Å². The summed E-state index contributed by atoms with van der Waals surface area (Å²) in [5.74, 6) is -1.84. The molecule has 0 radical (unpaired) electrons. The number of para-hydroxylation sites is 1. The van der Waals surface area contributed by atoms with Gasteiger partial charge in [-0.3, -0.25) is 9.59 Å². The lowest BCUT2D eigenvalue weighted by Gasteiger charge is -2.40. The SMILES string of the molecule is CC(C)(C)c1ccc(C[C@H](CC(=O)N2CCC(N3Cc4ccccc4NC3=O)CC2)C(=O)O)cc1. The fraction of sp³-hybridized carbons (Fsp3) is 0.464. The van der Waals surface area contributed by atoms with Gasteiger partial charge in [0.2, 0.25) is 5.91 Å². The number of aliphatic carboxylic acids is 1. The number of nitrogens with one attached hydrogen (secondary N) is 1. The lowest BCUT2D eigenvalue weighted by molar-refractivity contribution is -0.146. The van der Waals surface area contributed by atoms with Gasteiger partial charge in [-0.1, -0.05) is 63.2 Å². The lowest BCUT2D eigenvalue weighted by atomic mass is 9.86. The van der Waals surface area contributed by atoms with Crippen molar-refractivity contribution in [1.82, 2.24) is 9.80 Å². The Bertz CT molecular complexity index is 1080. The van der Waals surface area contributed by atoms with E-state index in [1.54, 1.807) is 4.90 Å². The Kier molecular flexibility index (Phi) is 7.15. The van der Waals surface area contributed by atoms with Crippen LogP contribution in [0.1, 0.15) is 56.7 Å². The zero-order chi connectivity index (χ0) is 25.2. The first kappa shape index (κ1) is 24.8. The molecule has 1 atom stereocenters. The van der Waals surface area contributed by atoms with E-state index in [4.69, 9.17) is 0 Å². The number of hydrogen-bond donors (Lipinski definition) is 2. The Morgan fingerprint density at radius 1 is 1.06 bits per heavy atom. The summed E-state index contributed by atoms with van der Waals surface area (Å²) in [4.78, 5) is 41.1. The van der Waals surface area contributed by atoms with Crippen LogP contribution in [0.3, 0.4) is 0 Å². The average molecular weight is 478 g/mol. The maximum atomic E-state index is 13.0. The number of carbonyl (C=O) groups excluding carboxylic acids is 2. The summed E-state index contributed by atoms with van der Waals surface area (Å²) in [5.41, 5.74) is 4.09. The molecule has 0 bridgehead atoms. The number of fused-ring (bicyclic) bond motifs is 1. The second-order valence-electron chi connectivity index (χ2n) is 10.7. The molecule has 2 aromatic carbocycles. The fourth-order valence-electron chi connectivity index (χ4n) is 4.96. The molecule has 0 unspecified atom stereocenters. The van der Waals surface area contributed by atoms with Crippen LogP contribution in [-0.2, 0) is 28.0 Å². The highest BCUT2D eigenvalue weighted by Gasteiger charge is 2.33. The van der Waals surface area contributed by atoms with E-state index in [9.17, 15) is 19.5 Å². The third-order valence-corrected chi connectivity index (χ3v) is 7.19. The highest BCUT2D eigenvalue weighted by molar-refractivity contribution is 5.92. The summed E-state index contributed by atoms with van der Waals surface area (Å²) >= 11 is 0. The Morgan fingerprint density at radius 3 is 2.34 bits per heavy atom. The van der Waals surface area contributed by atoms with E-state index in [0.29, 0.717) is 38.9 Å². The van der Waals surface area contributed by atoms with E-state index < -0.39 is 11.9 Å². The molecule has 2 aliphatic rings. The van der Waals surface area contributed by atoms with Crippen molar-refractivity contribution in [2.75, 3.05) is 18.4 Å². The molecule has 2 aromatic rings. The van der Waals surface area contributed by atoms with Gasteiger partial charge in [-0.15, -0.1) is 0 Å². The zero-order valence-corrected chi connectivity index (χ0v) is 20.8. The third-order valence-electron chi connectivity index (χ3n) is 7.19. The summed E-state index contributed by atoms with van der Waals surface area (Å²) in [6.45, 7) is 8.04. The Morgan fingerprint density at radius 2 is 1.71 bits per heavy atom. The van der Waals surface area contributed by atoms with Crippen LogP contribution in [-0.4, -0.2) is 51.9 Å². The van der Waals surface area contributed by atoms with Crippen LogP contribution in [0.15, 0.2) is 48.5 Å². The smallest absolute Gasteiger partial charge is 0.322 e. The largest absolute Gasteiger partial charge is 0.481 e. The zero-order valence-electron chi connectivity index (χ0n) is 20.8. The second kappa shape index (κ2) is 10.1. The van der Waals surface area contributed by atoms with Gasteiger partial charge in [-0.25, -0.2) is 4.79 Å². The topological polar surface area (TPSA) is 90.0 Å². The minimum Gasteiger partial charge on any atom is -0.481 e. The van der Waals surface area contributed by atoms with E-state index in [-0.39, 0.29) is 29.8 Å². The number of likely N-dealkylation sites (tertiary alicyclic amines) is 1. The highest BCUT2D eigenvalue weighted by atomic mass is 16.4. The van der Waals surface area contributed by atoms with Gasteiger partial charge in [0, 0.05) is 37.8 Å². The number of anilines is 1. The van der Waals surface area contributed by atoms with Crippen molar-refractivity contribution in [3.63, 3.8) is 0 Å². The number of carboxylic acids is 1. The van der Waals surface area contributed by atoms with E-state index in [1.165, 1.54) is 5.56 Å². The van der Waals surface area contributed by atoms with E-state index >= 15 is 0 Å². The minimum absolute atomic E-state index is 0.0153. The first-order chi connectivity index (χ1) is 16.6. The van der Waals surface area contributed by atoms with Gasteiger partial charge in [0.1, 0.15) is 0 Å². The van der Waals surface area contributed by atoms with Crippen LogP contribution in [0, 0.1) is 5.92 Å². The summed E-state index contributed by atoms with van der Waals surface area (Å²) in [7, 11) is 0. The molecular formula is C28H35N3O4. The van der Waals surface area contributed by atoms with Gasteiger partial charge in [0.05, 0.1) is 5.92 Å². The number of urea groups is 1. The number of amides is 3. The molecule has 2 aliphatic heterocycles. The third kappa shape index (κ3) is 5.84. The Hall–Kier alpha value is -3.35. The molecular weight excluding hydrogens is 442 g/mol. The van der Waals surface area contributed by atoms with E-state index in [1.807, 2.05) is 53.4 Å². The summed E-state index contributed by atoms with van der Waals surface area (Å²) in [5, 5.41) is 12.7. The summed E-state index contributed by atoms with van der Waals surface area (Å²) < 4.78 is 0. The normalized spacial score (nSPS) is 17.5. The van der Waals surface area contributed by atoms with Gasteiger partial charge in [0.15, 0.2) is 0 Å². The summed E-state index contributed by atoms with van der Waals surface area (Å²) in [6, 6.07) is 15.8. The summed E-state index contributed by atoms with van der Waals surface area (Å²) in [6.07, 6.45) is 1.69. The predicted molar refractivity (Wildman–Crippen MR) is 135 cm³/mol. The van der Waals surface area contributed by atoms with Crippen LogP contribution in [0.25, 0.3) is 0 Å². The Balaban J connectivity index is 1.32. The van der Waals surface area contributed by atoms with Gasteiger partial charge in [0.25, 0.3) is 0 Å². The molecule has 0 spiro atoms. The molecule has 3 amide bonds. The van der Waals surface area contributed by atoms with Crippen LogP contribution in [0.5, 0.6) is 0 Å². The van der Waals surface area contributed by atoms with Crippen molar-refractivity contribution in [2.24, 2.45) is 5.92 Å². The first-order valence-electron chi connectivity index (χ1n) is 12.4. The molecule has 0 aliphatic carbocycles. The number of carboxylic acid groups (broad SMARTS) is 1. The number of carbonyl (C=O) groups is 3. The van der Waals surface area contributed by atoms with Gasteiger partial charge >= 0.3 is 12.0 Å². The van der Waals surface area contributed by atoms with Gasteiger partial charge in [-0.05, 0) is 47.4 Å². The molecule has 1 saturated heterocycles. The molecule has 2 heterocycles. The maximum absolute atomic E-state index is 13.0. The van der Waals surface area contributed by atoms with Gasteiger partial charge in [-0.2, -0.15) is 0 Å². The van der Waals surface area contributed by atoms with Crippen molar-refractivity contribution < 1.29 is 19.5 Å². The van der Waals surface area contributed by atoms with Crippen molar-refractivity contribution >= 4 is 23.6 Å². The monoisotopic (exact) mass is 477 g/mol. The average Bonchev–Trinajstić information content (AvgIpc) is 2.83. The number of benzene rings is 2. The number of piperidine rings is 1. The van der Waals surface area contributed by atoms with E-state index in [2.05, 4.69) is 26.1 Å². The standard InChI is InChI=1S/C28H35N3O4/c1-28(2,3)22-10-8-19(9-11-22)16-21(26(33)34)17-25(32)30-14-12-23(13-15-30)31-18-20-6-4-5-7-24(20)29-27(31)35/h4-11,21,23H,12-18H2,1-3H3,(H,29,35)(H,33,34)/t21-/m1/s1. The van der Waals surface area contributed by atoms with Crippen LogP contribution in [0.4, 0.5) is 10.5 Å². The van der Waals surface area contributed by atoms with Crippen molar-refractivity contribution in [2.45, 2.75) is 64.5 Å². The number of rotatable bonds is 6. The second-order valence-corrected chi connectivity index (χ2v) is 10.7. The van der Waals surface area contributed by atoms with Gasteiger partial charge < -0.3 is 20.2 Å². The van der Waals surface area contributed by atoms with Crippen molar-refractivity contribution in [1.29, 1.82) is 0 Å². The number of nitrogens with zero attached hydrogens (tertiary/aromatic N) is 2. The minimum atomic E-state index is -0.947. The molecule has 2 N–H and O–H groups in total. The fourth-order valence-corrected chi connectivity index (χ4v) is 4.96. The predicted octanol–water partition coefficient (Wildman–Crippen LogP) is 4.66. The van der Waals surface area contributed by atoms with Crippen LogP contribution >= 0.6 is 0 Å². The van der Waals surface area contributed by atoms with Crippen LogP contribution < -0.4 is 5.32 Å². The lowest BCUT2D eigenvalue weighted by Crippen LogP contribution is -2.51. The Labute approximate surface area is 207 Å². The quantitative estimate of drug-likeness (QED) is 0.633.